The minimum absolute atomic E-state index is 0.233. The van der Waals surface area contributed by atoms with E-state index >= 15 is 0 Å². The first kappa shape index (κ1) is 23.0. The van der Waals surface area contributed by atoms with Gasteiger partial charge in [0.15, 0.2) is 0 Å². The zero-order chi connectivity index (χ0) is 20.9. The van der Waals surface area contributed by atoms with Crippen LogP contribution in [0.15, 0.2) is 11.6 Å². The van der Waals surface area contributed by atoms with E-state index in [1.165, 1.54) is 45.1 Å². The quantitative estimate of drug-likeness (QED) is 0.393. The molecule has 2 rings (SSSR count). The molecule has 0 amide bonds. The van der Waals surface area contributed by atoms with Crippen molar-refractivity contribution in [3.05, 3.63) is 11.6 Å². The molecule has 0 saturated heterocycles. The van der Waals surface area contributed by atoms with Crippen LogP contribution in [0.2, 0.25) is 0 Å². The molecule has 0 unspecified atom stereocenters. The lowest BCUT2D eigenvalue weighted by atomic mass is 9.48. The van der Waals surface area contributed by atoms with Crippen LogP contribution in [0.3, 0.4) is 0 Å². The molecule has 1 saturated carbocycles. The van der Waals surface area contributed by atoms with Crippen molar-refractivity contribution in [3.8, 4) is 0 Å². The molecule has 0 radical (unpaired) electrons. The molecule has 28 heavy (non-hydrogen) atoms. The standard InChI is InChI=1S/C24H40O4/c1-17-8-11-22-23(4,5)13-7-14-24(22,6)21(17)10-9-20(16-28-19(3)26)12-15-27-18(2)25/h8,20-22H,7,9-16H2,1-6H3/t20-,21-,22-,24+/m0/s1. The molecule has 4 nitrogen and oxygen atoms in total. The summed E-state index contributed by atoms with van der Waals surface area (Å²) < 4.78 is 10.4. The summed E-state index contributed by atoms with van der Waals surface area (Å²) in [5.74, 6) is 1.05. The number of hydrogen-bond acceptors (Lipinski definition) is 4. The van der Waals surface area contributed by atoms with Gasteiger partial charge in [0.1, 0.15) is 0 Å². The van der Waals surface area contributed by atoms with E-state index in [4.69, 9.17) is 9.47 Å². The van der Waals surface area contributed by atoms with Gasteiger partial charge in [-0.1, -0.05) is 38.8 Å². The van der Waals surface area contributed by atoms with Gasteiger partial charge in [-0.15, -0.1) is 0 Å². The second kappa shape index (κ2) is 9.45. The first-order valence-corrected chi connectivity index (χ1v) is 11.0. The summed E-state index contributed by atoms with van der Waals surface area (Å²) in [6.45, 7) is 13.4. The number of allylic oxidation sites excluding steroid dienone is 2. The summed E-state index contributed by atoms with van der Waals surface area (Å²) >= 11 is 0. The molecule has 4 atom stereocenters. The highest BCUT2D eigenvalue weighted by Crippen LogP contribution is 2.60. The van der Waals surface area contributed by atoms with Crippen LogP contribution in [0.5, 0.6) is 0 Å². The molecule has 0 aromatic rings. The van der Waals surface area contributed by atoms with Crippen LogP contribution in [-0.4, -0.2) is 25.2 Å². The van der Waals surface area contributed by atoms with Crippen molar-refractivity contribution in [1.82, 2.24) is 0 Å². The van der Waals surface area contributed by atoms with E-state index < -0.39 is 0 Å². The van der Waals surface area contributed by atoms with E-state index in [1.54, 1.807) is 0 Å². The van der Waals surface area contributed by atoms with Gasteiger partial charge in [0.25, 0.3) is 0 Å². The van der Waals surface area contributed by atoms with Gasteiger partial charge < -0.3 is 9.47 Å². The minimum atomic E-state index is -0.253. The van der Waals surface area contributed by atoms with Crippen LogP contribution in [0, 0.1) is 28.6 Å². The molecule has 2 aliphatic carbocycles. The number of ether oxygens (including phenoxy) is 2. The van der Waals surface area contributed by atoms with Crippen molar-refractivity contribution in [2.24, 2.45) is 28.6 Å². The Morgan fingerprint density at radius 1 is 1.11 bits per heavy atom. The third-order valence-electron chi connectivity index (χ3n) is 7.51. The molecule has 0 heterocycles. The van der Waals surface area contributed by atoms with Crippen molar-refractivity contribution >= 4 is 11.9 Å². The largest absolute Gasteiger partial charge is 0.466 e. The highest BCUT2D eigenvalue weighted by molar-refractivity contribution is 5.66. The predicted octanol–water partition coefficient (Wildman–Crippen LogP) is 5.70. The Balaban J connectivity index is 2.06. The second-order valence-electron chi connectivity index (χ2n) is 10.0. The van der Waals surface area contributed by atoms with E-state index in [1.807, 2.05) is 0 Å². The molecular weight excluding hydrogens is 352 g/mol. The molecule has 0 aromatic carbocycles. The van der Waals surface area contributed by atoms with Crippen molar-refractivity contribution in [1.29, 1.82) is 0 Å². The van der Waals surface area contributed by atoms with Crippen LogP contribution in [0.25, 0.3) is 0 Å². The van der Waals surface area contributed by atoms with Gasteiger partial charge in [0.05, 0.1) is 13.2 Å². The second-order valence-corrected chi connectivity index (χ2v) is 10.0. The molecule has 0 aliphatic heterocycles. The Morgan fingerprint density at radius 2 is 1.79 bits per heavy atom. The molecule has 160 valence electrons. The van der Waals surface area contributed by atoms with Gasteiger partial charge in [-0.05, 0) is 74.0 Å². The van der Waals surface area contributed by atoms with E-state index in [0.29, 0.717) is 30.0 Å². The summed E-state index contributed by atoms with van der Waals surface area (Å²) in [5, 5.41) is 0. The molecule has 0 spiro atoms. The smallest absolute Gasteiger partial charge is 0.302 e. The zero-order valence-electron chi connectivity index (χ0n) is 18.8. The number of rotatable bonds is 8. The average molecular weight is 393 g/mol. The lowest BCUT2D eigenvalue weighted by molar-refractivity contribution is -0.145. The lowest BCUT2D eigenvalue weighted by Gasteiger charge is -2.57. The third kappa shape index (κ3) is 5.61. The van der Waals surface area contributed by atoms with Crippen molar-refractivity contribution in [2.45, 2.75) is 86.5 Å². The Kier molecular flexibility index (Phi) is 7.75. The highest BCUT2D eigenvalue weighted by Gasteiger charge is 2.51. The van der Waals surface area contributed by atoms with Gasteiger partial charge >= 0.3 is 11.9 Å². The SMILES string of the molecule is CC(=O)OCC[C@H](CC[C@H]1C(C)=CC[C@H]2C(C)(C)CCC[C@]12C)COC(C)=O. The number of hydrogen-bond donors (Lipinski definition) is 0. The van der Waals surface area contributed by atoms with Crippen molar-refractivity contribution in [2.75, 3.05) is 13.2 Å². The first-order chi connectivity index (χ1) is 13.1. The molecular formula is C24H40O4. The Morgan fingerprint density at radius 3 is 2.43 bits per heavy atom. The van der Waals surface area contributed by atoms with Gasteiger partial charge in [-0.2, -0.15) is 0 Å². The molecule has 4 heteroatoms. The molecule has 2 aliphatic rings. The van der Waals surface area contributed by atoms with Gasteiger partial charge in [0, 0.05) is 13.8 Å². The maximum atomic E-state index is 11.3. The van der Waals surface area contributed by atoms with E-state index in [0.717, 1.165) is 25.2 Å². The minimum Gasteiger partial charge on any atom is -0.466 e. The predicted molar refractivity (Wildman–Crippen MR) is 112 cm³/mol. The number of carbonyl (C=O) groups is 2. The van der Waals surface area contributed by atoms with Crippen LogP contribution in [-0.2, 0) is 19.1 Å². The van der Waals surface area contributed by atoms with Gasteiger partial charge in [-0.25, -0.2) is 0 Å². The average Bonchev–Trinajstić information content (AvgIpc) is 2.57. The Bertz CT molecular complexity index is 591. The summed E-state index contributed by atoms with van der Waals surface area (Å²) in [6.07, 6.45) is 10.5. The van der Waals surface area contributed by atoms with Crippen molar-refractivity contribution < 1.29 is 19.1 Å². The summed E-state index contributed by atoms with van der Waals surface area (Å²) in [6, 6.07) is 0. The van der Waals surface area contributed by atoms with Gasteiger partial charge in [-0.3, -0.25) is 9.59 Å². The number of carbonyl (C=O) groups excluding carboxylic acids is 2. The fraction of sp³-hybridized carbons (Fsp3) is 0.833. The summed E-state index contributed by atoms with van der Waals surface area (Å²) in [4.78, 5) is 22.4. The number of fused-ring (bicyclic) bond motifs is 1. The monoisotopic (exact) mass is 392 g/mol. The fourth-order valence-electron chi connectivity index (χ4n) is 6.01. The van der Waals surface area contributed by atoms with Crippen LogP contribution < -0.4 is 0 Å². The van der Waals surface area contributed by atoms with E-state index in [2.05, 4.69) is 33.8 Å². The first-order valence-electron chi connectivity index (χ1n) is 11.0. The van der Waals surface area contributed by atoms with Crippen LogP contribution in [0.1, 0.15) is 86.5 Å². The normalized spacial score (nSPS) is 30.0. The molecule has 1 fully saturated rings. The van der Waals surface area contributed by atoms with E-state index in [9.17, 15) is 9.59 Å². The van der Waals surface area contributed by atoms with Gasteiger partial charge in [0.2, 0.25) is 0 Å². The van der Waals surface area contributed by atoms with E-state index in [-0.39, 0.29) is 17.9 Å². The van der Waals surface area contributed by atoms with Crippen LogP contribution >= 0.6 is 0 Å². The van der Waals surface area contributed by atoms with Crippen molar-refractivity contribution in [3.63, 3.8) is 0 Å². The highest BCUT2D eigenvalue weighted by atomic mass is 16.5. The third-order valence-corrected chi connectivity index (χ3v) is 7.51. The Labute approximate surface area is 171 Å². The Hall–Kier alpha value is -1.32. The maximum absolute atomic E-state index is 11.3. The molecule has 0 bridgehead atoms. The summed E-state index contributed by atoms with van der Waals surface area (Å²) in [7, 11) is 0. The lowest BCUT2D eigenvalue weighted by Crippen LogP contribution is -2.48. The van der Waals surface area contributed by atoms with Crippen LogP contribution in [0.4, 0.5) is 0 Å². The zero-order valence-corrected chi connectivity index (χ0v) is 18.8. The number of esters is 2. The topological polar surface area (TPSA) is 52.6 Å². The fourth-order valence-corrected chi connectivity index (χ4v) is 6.01. The maximum Gasteiger partial charge on any atom is 0.302 e. The molecule has 0 N–H and O–H groups in total. The summed E-state index contributed by atoms with van der Waals surface area (Å²) in [5.41, 5.74) is 2.28. The molecule has 0 aromatic heterocycles.